The highest BCUT2D eigenvalue weighted by Crippen LogP contribution is 2.24. The maximum atomic E-state index is 12.8. The number of allylic oxidation sites excluding steroid dienone is 1. The van der Waals surface area contributed by atoms with Gasteiger partial charge in [0.2, 0.25) is 11.8 Å². The van der Waals surface area contributed by atoms with Crippen molar-refractivity contribution in [2.45, 2.75) is 34.1 Å². The van der Waals surface area contributed by atoms with Crippen LogP contribution in [0.5, 0.6) is 0 Å². The summed E-state index contributed by atoms with van der Waals surface area (Å²) < 4.78 is 5.62. The van der Waals surface area contributed by atoms with Crippen LogP contribution in [0.2, 0.25) is 0 Å². The van der Waals surface area contributed by atoms with E-state index < -0.39 is 0 Å². The van der Waals surface area contributed by atoms with Gasteiger partial charge in [-0.05, 0) is 24.0 Å². The van der Waals surface area contributed by atoms with E-state index >= 15 is 0 Å². The first kappa shape index (κ1) is 19.1. The Labute approximate surface area is 160 Å². The van der Waals surface area contributed by atoms with E-state index in [1.165, 1.54) is 5.56 Å². The summed E-state index contributed by atoms with van der Waals surface area (Å²) in [4.78, 5) is 16.8. The van der Waals surface area contributed by atoms with Gasteiger partial charge in [-0.1, -0.05) is 55.7 Å². The van der Waals surface area contributed by atoms with Crippen LogP contribution in [0, 0.1) is 12.8 Å². The Morgan fingerprint density at radius 2 is 1.81 bits per heavy atom. The summed E-state index contributed by atoms with van der Waals surface area (Å²) in [5.74, 6) is 0.994. The predicted molar refractivity (Wildman–Crippen MR) is 106 cm³/mol. The number of rotatable bonds is 5. The molecule has 3 rings (SSSR count). The van der Waals surface area contributed by atoms with Crippen molar-refractivity contribution in [2.75, 3.05) is 31.1 Å². The molecular weight excluding hydrogens is 340 g/mol. The largest absolute Gasteiger partial charge is 0.408 e. The van der Waals surface area contributed by atoms with Gasteiger partial charge in [0.1, 0.15) is 0 Å². The molecule has 1 aliphatic heterocycles. The van der Waals surface area contributed by atoms with E-state index in [1.807, 2.05) is 16.7 Å². The van der Waals surface area contributed by atoms with Crippen molar-refractivity contribution >= 4 is 17.5 Å². The molecule has 2 heterocycles. The van der Waals surface area contributed by atoms with Crippen LogP contribution in [-0.4, -0.2) is 47.2 Å². The molecule has 144 valence electrons. The molecule has 0 radical (unpaired) electrons. The summed E-state index contributed by atoms with van der Waals surface area (Å²) in [6.07, 6.45) is 2.53. The van der Waals surface area contributed by atoms with Crippen LogP contribution in [-0.2, 0) is 11.2 Å². The van der Waals surface area contributed by atoms with Gasteiger partial charge < -0.3 is 14.2 Å². The zero-order chi connectivity index (χ0) is 19.4. The Kier molecular flexibility index (Phi) is 5.94. The zero-order valence-corrected chi connectivity index (χ0v) is 16.6. The third-order valence-corrected chi connectivity index (χ3v) is 4.91. The number of carbonyl (C=O) groups excluding carboxylic acids is 1. The maximum Gasteiger partial charge on any atom is 0.318 e. The monoisotopic (exact) mass is 368 g/mol. The number of nitrogens with zero attached hydrogens (tertiary/aromatic N) is 4. The van der Waals surface area contributed by atoms with Crippen LogP contribution < -0.4 is 4.90 Å². The van der Waals surface area contributed by atoms with Crippen molar-refractivity contribution < 1.29 is 9.21 Å². The second kappa shape index (κ2) is 8.37. The third-order valence-electron chi connectivity index (χ3n) is 4.91. The van der Waals surface area contributed by atoms with Gasteiger partial charge in [-0.15, -0.1) is 5.10 Å². The van der Waals surface area contributed by atoms with Crippen LogP contribution >= 0.6 is 0 Å². The van der Waals surface area contributed by atoms with Gasteiger partial charge in [0, 0.05) is 38.7 Å². The minimum Gasteiger partial charge on any atom is -0.408 e. The Hall–Kier alpha value is -2.63. The number of benzene rings is 1. The fraction of sp³-hybridized carbons (Fsp3) is 0.476. The summed E-state index contributed by atoms with van der Waals surface area (Å²) in [5.41, 5.74) is 3.41. The smallest absolute Gasteiger partial charge is 0.318 e. The van der Waals surface area contributed by atoms with Crippen molar-refractivity contribution in [3.8, 4) is 0 Å². The molecule has 0 unspecified atom stereocenters. The van der Waals surface area contributed by atoms with Gasteiger partial charge >= 0.3 is 6.01 Å². The average Bonchev–Trinajstić information content (AvgIpc) is 3.16. The van der Waals surface area contributed by atoms with Crippen molar-refractivity contribution in [2.24, 2.45) is 5.92 Å². The Morgan fingerprint density at radius 3 is 2.37 bits per heavy atom. The van der Waals surface area contributed by atoms with E-state index in [0.29, 0.717) is 38.1 Å². The Morgan fingerprint density at radius 1 is 1.15 bits per heavy atom. The van der Waals surface area contributed by atoms with Gasteiger partial charge in [0.05, 0.1) is 0 Å². The van der Waals surface area contributed by atoms with Gasteiger partial charge in [0.15, 0.2) is 0 Å². The molecule has 2 aromatic rings. The lowest BCUT2D eigenvalue weighted by molar-refractivity contribution is -0.126. The summed E-state index contributed by atoms with van der Waals surface area (Å²) in [6.45, 7) is 11.0. The minimum absolute atomic E-state index is 0.0682. The van der Waals surface area contributed by atoms with Crippen LogP contribution in [0.15, 0.2) is 34.8 Å². The topological polar surface area (TPSA) is 62.5 Å². The fourth-order valence-corrected chi connectivity index (χ4v) is 3.19. The normalized spacial score (nSPS) is 15.5. The lowest BCUT2D eigenvalue weighted by atomic mass is 9.94. The average molecular weight is 368 g/mol. The summed E-state index contributed by atoms with van der Waals surface area (Å²) in [6, 6.07) is 8.91. The molecule has 0 spiro atoms. The number of amides is 1. The number of aromatic nitrogens is 2. The standard InChI is InChI=1S/C21H28N4O2/c1-5-19-22-23-21(27-19)25-12-10-24(11-13-25)20(26)14-18(15(2)3)17-8-6-16(4)7-9-17/h6-9,14-15H,5,10-13H2,1-4H3/b18-14+. The van der Waals surface area contributed by atoms with Gasteiger partial charge in [-0.25, -0.2) is 0 Å². The molecule has 0 aliphatic carbocycles. The first-order valence-corrected chi connectivity index (χ1v) is 9.62. The van der Waals surface area contributed by atoms with Crippen molar-refractivity contribution in [1.29, 1.82) is 0 Å². The molecule has 1 fully saturated rings. The molecule has 0 saturated carbocycles. The third kappa shape index (κ3) is 4.56. The first-order valence-electron chi connectivity index (χ1n) is 9.62. The highest BCUT2D eigenvalue weighted by atomic mass is 16.4. The quantitative estimate of drug-likeness (QED) is 0.758. The molecule has 6 heteroatoms. The molecule has 1 saturated heterocycles. The number of hydrogen-bond donors (Lipinski definition) is 0. The first-order chi connectivity index (χ1) is 13.0. The summed E-state index contributed by atoms with van der Waals surface area (Å²) >= 11 is 0. The van der Waals surface area contributed by atoms with E-state index in [2.05, 4.69) is 55.2 Å². The summed E-state index contributed by atoms with van der Waals surface area (Å²) in [5, 5.41) is 8.11. The van der Waals surface area contributed by atoms with Crippen molar-refractivity contribution in [1.82, 2.24) is 15.1 Å². The molecule has 1 aromatic heterocycles. The Balaban J connectivity index is 1.66. The van der Waals surface area contributed by atoms with Gasteiger partial charge in [-0.2, -0.15) is 0 Å². The van der Waals surface area contributed by atoms with E-state index in [9.17, 15) is 4.79 Å². The highest BCUT2D eigenvalue weighted by molar-refractivity contribution is 5.95. The number of hydrogen-bond acceptors (Lipinski definition) is 5. The minimum atomic E-state index is 0.0682. The molecule has 6 nitrogen and oxygen atoms in total. The number of aryl methyl sites for hydroxylation is 2. The molecule has 0 N–H and O–H groups in total. The molecule has 1 aliphatic rings. The van der Waals surface area contributed by atoms with Crippen molar-refractivity contribution in [3.63, 3.8) is 0 Å². The van der Waals surface area contributed by atoms with Crippen LogP contribution in [0.3, 0.4) is 0 Å². The van der Waals surface area contributed by atoms with E-state index in [0.717, 1.165) is 17.6 Å². The molecule has 0 atom stereocenters. The second-order valence-electron chi connectivity index (χ2n) is 7.26. The lowest BCUT2D eigenvalue weighted by Gasteiger charge is -2.33. The van der Waals surface area contributed by atoms with Gasteiger partial charge in [-0.3, -0.25) is 4.79 Å². The Bertz CT molecular complexity index is 800. The number of anilines is 1. The summed E-state index contributed by atoms with van der Waals surface area (Å²) in [7, 11) is 0. The highest BCUT2D eigenvalue weighted by Gasteiger charge is 2.24. The van der Waals surface area contributed by atoms with Crippen LogP contribution in [0.1, 0.15) is 37.8 Å². The molecule has 0 bridgehead atoms. The number of piperazine rings is 1. The van der Waals surface area contributed by atoms with E-state index in [4.69, 9.17) is 4.42 Å². The van der Waals surface area contributed by atoms with Gasteiger partial charge in [0.25, 0.3) is 0 Å². The number of carbonyl (C=O) groups is 1. The SMILES string of the molecule is CCc1nnc(N2CCN(C(=O)/C=C(/c3ccc(C)cc3)C(C)C)CC2)o1. The van der Waals surface area contributed by atoms with E-state index in [1.54, 1.807) is 6.08 Å². The van der Waals surface area contributed by atoms with Crippen LogP contribution in [0.25, 0.3) is 5.57 Å². The molecule has 27 heavy (non-hydrogen) atoms. The molecular formula is C21H28N4O2. The zero-order valence-electron chi connectivity index (χ0n) is 16.6. The van der Waals surface area contributed by atoms with Crippen LogP contribution in [0.4, 0.5) is 6.01 Å². The van der Waals surface area contributed by atoms with Crippen molar-refractivity contribution in [3.05, 3.63) is 47.4 Å². The second-order valence-corrected chi connectivity index (χ2v) is 7.26. The fourth-order valence-electron chi connectivity index (χ4n) is 3.19. The lowest BCUT2D eigenvalue weighted by Crippen LogP contribution is -2.48. The predicted octanol–water partition coefficient (Wildman–Crippen LogP) is 3.33. The molecule has 1 amide bonds. The molecule has 1 aromatic carbocycles. The maximum absolute atomic E-state index is 12.8. The van der Waals surface area contributed by atoms with E-state index in [-0.39, 0.29) is 11.8 Å².